The van der Waals surface area contributed by atoms with Crippen LogP contribution in [0.4, 0.5) is 19.3 Å². The van der Waals surface area contributed by atoms with Gasteiger partial charge in [-0.3, -0.25) is 14.7 Å². The quantitative estimate of drug-likeness (QED) is 0.732. The zero-order chi connectivity index (χ0) is 22.6. The van der Waals surface area contributed by atoms with Crippen molar-refractivity contribution in [2.45, 2.75) is 45.8 Å². The molecule has 0 aliphatic carbocycles. The van der Waals surface area contributed by atoms with E-state index in [0.29, 0.717) is 5.69 Å². The van der Waals surface area contributed by atoms with Gasteiger partial charge in [-0.2, -0.15) is 0 Å². The van der Waals surface area contributed by atoms with E-state index >= 15 is 0 Å². The van der Waals surface area contributed by atoms with Gasteiger partial charge in [0.15, 0.2) is 0 Å². The molecule has 1 aromatic heterocycles. The summed E-state index contributed by atoms with van der Waals surface area (Å²) >= 11 is 0. The molecule has 0 aliphatic heterocycles. The van der Waals surface area contributed by atoms with Gasteiger partial charge in [0, 0.05) is 32.3 Å². The lowest BCUT2D eigenvalue weighted by molar-refractivity contribution is -0.123. The molecule has 1 atom stereocenters. The lowest BCUT2D eigenvalue weighted by atomic mass is 10.0. The van der Waals surface area contributed by atoms with Crippen molar-refractivity contribution in [1.29, 1.82) is 0 Å². The van der Waals surface area contributed by atoms with Gasteiger partial charge >= 0.3 is 6.09 Å². The molecule has 0 N–H and O–H groups in total. The van der Waals surface area contributed by atoms with E-state index in [0.717, 1.165) is 28.8 Å². The summed E-state index contributed by atoms with van der Waals surface area (Å²) in [6.45, 7) is 6.95. The Morgan fingerprint density at radius 2 is 1.70 bits per heavy atom. The smallest absolute Gasteiger partial charge is 0.410 e. The van der Waals surface area contributed by atoms with Gasteiger partial charge in [0.2, 0.25) is 5.91 Å². The lowest BCUT2D eigenvalue weighted by Gasteiger charge is -2.32. The Balaban J connectivity index is 2.36. The number of pyridine rings is 1. The number of aromatic nitrogens is 1. The van der Waals surface area contributed by atoms with Crippen LogP contribution >= 0.6 is 0 Å². The topological polar surface area (TPSA) is 62.7 Å². The van der Waals surface area contributed by atoms with Crippen LogP contribution < -0.4 is 4.90 Å². The molecule has 2 rings (SSSR count). The van der Waals surface area contributed by atoms with Gasteiger partial charge in [0.25, 0.3) is 0 Å². The molecule has 0 unspecified atom stereocenters. The number of nitrogens with zero attached hydrogens (tertiary/aromatic N) is 3. The number of likely N-dealkylation sites (N-methyl/N-ethyl adjacent to an activating group) is 2. The second-order valence-corrected chi connectivity index (χ2v) is 8.14. The number of ether oxygens (including phenoxy) is 1. The third kappa shape index (κ3) is 6.23. The molecular weight excluding hydrogens is 392 g/mol. The Morgan fingerprint density at radius 3 is 2.20 bits per heavy atom. The molecule has 1 heterocycles. The molecule has 2 amide bonds. The fourth-order valence-corrected chi connectivity index (χ4v) is 2.81. The zero-order valence-corrected chi connectivity index (χ0v) is 18.1. The van der Waals surface area contributed by atoms with Crippen molar-refractivity contribution >= 4 is 17.7 Å². The van der Waals surface area contributed by atoms with Gasteiger partial charge in [-0.15, -0.1) is 0 Å². The predicted octanol–water partition coefficient (Wildman–Crippen LogP) is 4.11. The van der Waals surface area contributed by atoms with Crippen LogP contribution in [-0.4, -0.2) is 47.6 Å². The molecule has 0 fully saturated rings. The number of hydrogen-bond donors (Lipinski definition) is 0. The number of carbonyl (C=O) groups excluding carboxylic acids is 2. The third-order valence-electron chi connectivity index (χ3n) is 4.40. The average Bonchev–Trinajstić information content (AvgIpc) is 2.63. The minimum atomic E-state index is -1.05. The first kappa shape index (κ1) is 23.3. The number of carbonyl (C=O) groups is 2. The Bertz CT molecular complexity index is 891. The van der Waals surface area contributed by atoms with Crippen molar-refractivity contribution in [1.82, 2.24) is 9.88 Å². The SMILES string of the molecule is Cc1ccc(N(C)C(=O)[C@H](Cc2cc(F)cc(F)c2)N(C)C(=O)OC(C)(C)C)cn1. The molecule has 0 spiro atoms. The fraction of sp³-hybridized carbons (Fsp3) is 0.409. The summed E-state index contributed by atoms with van der Waals surface area (Å²) in [5.41, 5.74) is 0.795. The van der Waals surface area contributed by atoms with Crippen molar-refractivity contribution < 1.29 is 23.1 Å². The summed E-state index contributed by atoms with van der Waals surface area (Å²) in [7, 11) is 2.98. The van der Waals surface area contributed by atoms with E-state index < -0.39 is 35.3 Å². The third-order valence-corrected chi connectivity index (χ3v) is 4.40. The number of halogens is 2. The van der Waals surface area contributed by atoms with Crippen LogP contribution in [0.25, 0.3) is 0 Å². The highest BCUT2D eigenvalue weighted by Crippen LogP contribution is 2.20. The summed E-state index contributed by atoms with van der Waals surface area (Å²) in [6.07, 6.45) is 0.736. The molecule has 6 nitrogen and oxygen atoms in total. The van der Waals surface area contributed by atoms with E-state index in [9.17, 15) is 18.4 Å². The second kappa shape index (κ2) is 9.19. The number of hydrogen-bond acceptors (Lipinski definition) is 4. The van der Waals surface area contributed by atoms with E-state index in [1.807, 2.05) is 6.92 Å². The van der Waals surface area contributed by atoms with Gasteiger partial charge in [0.1, 0.15) is 23.3 Å². The maximum Gasteiger partial charge on any atom is 0.410 e. The minimum Gasteiger partial charge on any atom is -0.444 e. The Morgan fingerprint density at radius 1 is 1.10 bits per heavy atom. The molecule has 0 saturated carbocycles. The average molecular weight is 419 g/mol. The molecule has 162 valence electrons. The number of rotatable bonds is 5. The van der Waals surface area contributed by atoms with Crippen LogP contribution in [0.2, 0.25) is 0 Å². The summed E-state index contributed by atoms with van der Waals surface area (Å²) < 4.78 is 32.7. The Hall–Kier alpha value is -3.03. The molecule has 0 aliphatic rings. The van der Waals surface area contributed by atoms with Gasteiger partial charge < -0.3 is 9.64 Å². The number of anilines is 1. The lowest BCUT2D eigenvalue weighted by Crippen LogP contribution is -2.50. The van der Waals surface area contributed by atoms with E-state index in [4.69, 9.17) is 4.74 Å². The largest absolute Gasteiger partial charge is 0.444 e. The Kier molecular flexibility index (Phi) is 7.12. The fourth-order valence-electron chi connectivity index (χ4n) is 2.81. The van der Waals surface area contributed by atoms with Crippen LogP contribution in [0.5, 0.6) is 0 Å². The highest BCUT2D eigenvalue weighted by Gasteiger charge is 2.33. The molecule has 0 radical (unpaired) electrons. The molecule has 30 heavy (non-hydrogen) atoms. The number of amides is 2. The zero-order valence-electron chi connectivity index (χ0n) is 18.1. The van der Waals surface area contributed by atoms with Crippen LogP contribution in [0, 0.1) is 18.6 Å². The minimum absolute atomic E-state index is 0.0904. The van der Waals surface area contributed by atoms with E-state index in [1.165, 1.54) is 11.9 Å². The van der Waals surface area contributed by atoms with Gasteiger partial charge in [-0.25, -0.2) is 13.6 Å². The molecule has 1 aromatic carbocycles. The first-order chi connectivity index (χ1) is 13.9. The number of benzene rings is 1. The van der Waals surface area contributed by atoms with Crippen molar-refractivity contribution in [2.75, 3.05) is 19.0 Å². The molecule has 0 bridgehead atoms. The van der Waals surface area contributed by atoms with Crippen LogP contribution in [0.1, 0.15) is 32.0 Å². The maximum atomic E-state index is 13.7. The van der Waals surface area contributed by atoms with E-state index in [-0.39, 0.29) is 12.0 Å². The van der Waals surface area contributed by atoms with Gasteiger partial charge in [0.05, 0.1) is 11.9 Å². The first-order valence-corrected chi connectivity index (χ1v) is 9.48. The molecule has 0 saturated heterocycles. The predicted molar refractivity (Wildman–Crippen MR) is 110 cm³/mol. The summed E-state index contributed by atoms with van der Waals surface area (Å²) in [4.78, 5) is 32.6. The molecule has 8 heteroatoms. The van der Waals surface area contributed by atoms with Crippen LogP contribution in [0.3, 0.4) is 0 Å². The molecule has 2 aromatic rings. The maximum absolute atomic E-state index is 13.7. The van der Waals surface area contributed by atoms with Crippen molar-refractivity contribution in [3.8, 4) is 0 Å². The van der Waals surface area contributed by atoms with Crippen LogP contribution in [0.15, 0.2) is 36.5 Å². The van der Waals surface area contributed by atoms with Crippen molar-refractivity contribution in [2.24, 2.45) is 0 Å². The summed E-state index contributed by atoms with van der Waals surface area (Å²) in [5.74, 6) is -1.96. The van der Waals surface area contributed by atoms with E-state index in [2.05, 4.69) is 4.98 Å². The van der Waals surface area contributed by atoms with E-state index in [1.54, 1.807) is 46.1 Å². The normalized spacial score (nSPS) is 12.3. The highest BCUT2D eigenvalue weighted by molar-refractivity contribution is 5.98. The first-order valence-electron chi connectivity index (χ1n) is 9.48. The van der Waals surface area contributed by atoms with Crippen molar-refractivity contribution in [3.63, 3.8) is 0 Å². The van der Waals surface area contributed by atoms with Gasteiger partial charge in [-0.05, 0) is 57.5 Å². The van der Waals surface area contributed by atoms with Gasteiger partial charge in [-0.1, -0.05) is 0 Å². The molecular formula is C22H27F2N3O3. The highest BCUT2D eigenvalue weighted by atomic mass is 19.1. The standard InChI is InChI=1S/C22H27F2N3O3/c1-14-7-8-18(13-25-14)26(5)20(28)19(27(6)21(29)30-22(2,3)4)11-15-9-16(23)12-17(24)10-15/h7-10,12-13,19H,11H2,1-6H3/t19-/m0/s1. The second-order valence-electron chi connectivity index (χ2n) is 8.14. The van der Waals surface area contributed by atoms with Crippen LogP contribution in [-0.2, 0) is 16.0 Å². The monoisotopic (exact) mass is 419 g/mol. The summed E-state index contributed by atoms with van der Waals surface area (Å²) in [6, 6.07) is 5.47. The number of aryl methyl sites for hydroxylation is 1. The Labute approximate surface area is 175 Å². The summed E-state index contributed by atoms with van der Waals surface area (Å²) in [5, 5.41) is 0. The van der Waals surface area contributed by atoms with Crippen molar-refractivity contribution in [3.05, 3.63) is 59.4 Å².